The van der Waals surface area contributed by atoms with Crippen LogP contribution >= 0.6 is 0 Å². The Morgan fingerprint density at radius 2 is 1.92 bits per heavy atom. The number of piperidine rings is 1. The van der Waals surface area contributed by atoms with Crippen molar-refractivity contribution in [1.82, 2.24) is 15.4 Å². The number of rotatable bonds is 4. The second-order valence-corrected chi connectivity index (χ2v) is 6.90. The van der Waals surface area contributed by atoms with Crippen LogP contribution in [0.2, 0.25) is 0 Å². The molecule has 7 nitrogen and oxygen atoms in total. The van der Waals surface area contributed by atoms with E-state index >= 15 is 0 Å². The number of nitrogens with one attached hydrogen (secondary N) is 2. The van der Waals surface area contributed by atoms with E-state index in [0.29, 0.717) is 18.2 Å². The van der Waals surface area contributed by atoms with E-state index in [1.807, 2.05) is 0 Å². The number of hydrogen-bond donors (Lipinski definition) is 2. The first-order valence-corrected chi connectivity index (χ1v) is 8.88. The van der Waals surface area contributed by atoms with Gasteiger partial charge in [-0.15, -0.1) is 0 Å². The van der Waals surface area contributed by atoms with Gasteiger partial charge in [0.25, 0.3) is 0 Å². The third-order valence-electron chi connectivity index (χ3n) is 5.12. The van der Waals surface area contributed by atoms with Gasteiger partial charge in [0, 0.05) is 18.7 Å². The van der Waals surface area contributed by atoms with Crippen molar-refractivity contribution in [3.05, 3.63) is 11.8 Å². The van der Waals surface area contributed by atoms with Crippen LogP contribution in [0.1, 0.15) is 44.3 Å². The highest BCUT2D eigenvalue weighted by molar-refractivity contribution is 6.39. The fourth-order valence-corrected chi connectivity index (χ4v) is 3.71. The first kappa shape index (κ1) is 17.0. The maximum atomic E-state index is 11.9. The molecule has 24 heavy (non-hydrogen) atoms. The molecule has 3 rings (SSSR count). The molecule has 0 spiro atoms. The van der Waals surface area contributed by atoms with Crippen molar-refractivity contribution in [2.45, 2.75) is 51.5 Å². The number of anilines is 1. The van der Waals surface area contributed by atoms with Crippen molar-refractivity contribution >= 4 is 17.6 Å². The van der Waals surface area contributed by atoms with Gasteiger partial charge in [-0.2, -0.15) is 0 Å². The van der Waals surface area contributed by atoms with E-state index in [9.17, 15) is 9.59 Å². The van der Waals surface area contributed by atoms with Crippen molar-refractivity contribution in [1.29, 1.82) is 0 Å². The Bertz CT molecular complexity index is 572. The van der Waals surface area contributed by atoms with E-state index < -0.39 is 11.8 Å². The van der Waals surface area contributed by atoms with Crippen LogP contribution in [0.3, 0.4) is 0 Å². The van der Waals surface area contributed by atoms with Gasteiger partial charge in [0.1, 0.15) is 5.76 Å². The summed E-state index contributed by atoms with van der Waals surface area (Å²) in [5.74, 6) is -0.0217. The average Bonchev–Trinajstić information content (AvgIpc) is 3.25. The molecular weight excluding hydrogens is 308 g/mol. The van der Waals surface area contributed by atoms with Gasteiger partial charge in [-0.3, -0.25) is 14.9 Å². The molecule has 0 unspecified atom stereocenters. The van der Waals surface area contributed by atoms with Gasteiger partial charge in [0.15, 0.2) is 5.82 Å². The van der Waals surface area contributed by atoms with Crippen LogP contribution in [0.4, 0.5) is 5.82 Å². The van der Waals surface area contributed by atoms with Gasteiger partial charge >= 0.3 is 11.8 Å². The highest BCUT2D eigenvalue weighted by Crippen LogP contribution is 2.27. The third-order valence-corrected chi connectivity index (χ3v) is 5.12. The number of aryl methyl sites for hydroxylation is 1. The molecule has 0 atom stereocenters. The zero-order valence-electron chi connectivity index (χ0n) is 14.2. The van der Waals surface area contributed by atoms with E-state index in [2.05, 4.69) is 20.7 Å². The SMILES string of the molecule is Cc1cc(NC(=O)C(=O)NCC2CCN(C3CCCC3)CC2)no1. The minimum atomic E-state index is -0.702. The molecule has 1 aromatic rings. The second-order valence-electron chi connectivity index (χ2n) is 6.90. The Kier molecular flexibility index (Phi) is 5.50. The number of amides is 2. The lowest BCUT2D eigenvalue weighted by atomic mass is 9.95. The Balaban J connectivity index is 1.36. The van der Waals surface area contributed by atoms with E-state index in [1.165, 1.54) is 25.7 Å². The van der Waals surface area contributed by atoms with E-state index in [-0.39, 0.29) is 5.82 Å². The monoisotopic (exact) mass is 334 g/mol. The number of carbonyl (C=O) groups excluding carboxylic acids is 2. The molecule has 0 radical (unpaired) electrons. The van der Waals surface area contributed by atoms with Crippen molar-refractivity contribution in [3.63, 3.8) is 0 Å². The van der Waals surface area contributed by atoms with Gasteiger partial charge in [-0.25, -0.2) is 0 Å². The largest absolute Gasteiger partial charge is 0.360 e. The van der Waals surface area contributed by atoms with E-state index in [0.717, 1.165) is 32.0 Å². The molecule has 2 N–H and O–H groups in total. The minimum absolute atomic E-state index is 0.262. The predicted octanol–water partition coefficient (Wildman–Crippen LogP) is 1.69. The summed E-state index contributed by atoms with van der Waals surface area (Å²) in [6.45, 7) is 4.49. The van der Waals surface area contributed by atoms with Crippen molar-refractivity contribution in [2.75, 3.05) is 25.0 Å². The van der Waals surface area contributed by atoms with Gasteiger partial charge in [-0.1, -0.05) is 18.0 Å². The van der Waals surface area contributed by atoms with Crippen LogP contribution < -0.4 is 10.6 Å². The predicted molar refractivity (Wildman–Crippen MR) is 89.4 cm³/mol. The lowest BCUT2D eigenvalue weighted by Gasteiger charge is -2.36. The third kappa shape index (κ3) is 4.35. The minimum Gasteiger partial charge on any atom is -0.360 e. The lowest BCUT2D eigenvalue weighted by Crippen LogP contribution is -2.44. The molecule has 1 saturated heterocycles. The number of aromatic nitrogens is 1. The van der Waals surface area contributed by atoms with Gasteiger partial charge in [0.2, 0.25) is 0 Å². The molecule has 1 aromatic heterocycles. The quantitative estimate of drug-likeness (QED) is 0.818. The molecule has 2 aliphatic rings. The van der Waals surface area contributed by atoms with Crippen molar-refractivity contribution in [2.24, 2.45) is 5.92 Å². The van der Waals surface area contributed by atoms with Crippen LogP contribution in [-0.2, 0) is 9.59 Å². The molecule has 1 aliphatic carbocycles. The van der Waals surface area contributed by atoms with Crippen molar-refractivity contribution < 1.29 is 14.1 Å². The summed E-state index contributed by atoms with van der Waals surface area (Å²) in [6, 6.07) is 2.35. The van der Waals surface area contributed by atoms with Crippen LogP contribution in [0.15, 0.2) is 10.6 Å². The van der Waals surface area contributed by atoms with Crippen LogP contribution in [-0.4, -0.2) is 47.5 Å². The second kappa shape index (κ2) is 7.79. The first-order chi connectivity index (χ1) is 11.6. The standard InChI is InChI=1S/C17H26N4O3/c1-12-10-15(20-24-12)19-17(23)16(22)18-11-13-6-8-21(9-7-13)14-4-2-3-5-14/h10,13-14H,2-9,11H2,1H3,(H,18,22)(H,19,20,23). The lowest BCUT2D eigenvalue weighted by molar-refractivity contribution is -0.136. The number of hydrogen-bond acceptors (Lipinski definition) is 5. The summed E-state index contributed by atoms with van der Waals surface area (Å²) in [5, 5.41) is 8.81. The van der Waals surface area contributed by atoms with Crippen LogP contribution in [0.5, 0.6) is 0 Å². The smallest absolute Gasteiger partial charge is 0.314 e. The zero-order valence-corrected chi connectivity index (χ0v) is 14.2. The molecule has 132 valence electrons. The molecule has 2 heterocycles. The fourth-order valence-electron chi connectivity index (χ4n) is 3.71. The normalized spacial score (nSPS) is 20.2. The maximum absolute atomic E-state index is 11.9. The summed E-state index contributed by atoms with van der Waals surface area (Å²) >= 11 is 0. The fraction of sp³-hybridized carbons (Fsp3) is 0.706. The van der Waals surface area contributed by atoms with Gasteiger partial charge in [0.05, 0.1) is 0 Å². The molecular formula is C17H26N4O3. The Hall–Kier alpha value is -1.89. The zero-order chi connectivity index (χ0) is 16.9. The summed E-state index contributed by atoms with van der Waals surface area (Å²) in [7, 11) is 0. The maximum Gasteiger partial charge on any atom is 0.314 e. The topological polar surface area (TPSA) is 87.5 Å². The highest BCUT2D eigenvalue weighted by atomic mass is 16.5. The van der Waals surface area contributed by atoms with Gasteiger partial charge in [-0.05, 0) is 51.6 Å². The summed E-state index contributed by atoms with van der Waals surface area (Å²) < 4.78 is 4.85. The molecule has 0 bridgehead atoms. The average molecular weight is 334 g/mol. The van der Waals surface area contributed by atoms with Crippen LogP contribution in [0.25, 0.3) is 0 Å². The molecule has 1 aliphatic heterocycles. The number of likely N-dealkylation sites (tertiary alicyclic amines) is 1. The van der Waals surface area contributed by atoms with E-state index in [4.69, 9.17) is 4.52 Å². The number of nitrogens with zero attached hydrogens (tertiary/aromatic N) is 2. The Morgan fingerprint density at radius 3 is 2.54 bits per heavy atom. The highest BCUT2D eigenvalue weighted by Gasteiger charge is 2.27. The van der Waals surface area contributed by atoms with Gasteiger partial charge < -0.3 is 14.7 Å². The summed E-state index contributed by atoms with van der Waals surface area (Å²) in [4.78, 5) is 26.3. The molecule has 0 aromatic carbocycles. The Morgan fingerprint density at radius 1 is 1.21 bits per heavy atom. The van der Waals surface area contributed by atoms with E-state index in [1.54, 1.807) is 13.0 Å². The first-order valence-electron chi connectivity index (χ1n) is 8.88. The van der Waals surface area contributed by atoms with Crippen molar-refractivity contribution in [3.8, 4) is 0 Å². The molecule has 2 amide bonds. The van der Waals surface area contributed by atoms with Crippen LogP contribution in [0, 0.1) is 12.8 Å². The number of carbonyl (C=O) groups is 2. The molecule has 1 saturated carbocycles. The summed E-state index contributed by atoms with van der Waals surface area (Å²) in [5.41, 5.74) is 0. The molecule has 2 fully saturated rings. The summed E-state index contributed by atoms with van der Waals surface area (Å²) in [6.07, 6.45) is 7.57. The Labute approximate surface area is 142 Å². The molecule has 7 heteroatoms.